The molecule has 0 aliphatic rings. The van der Waals surface area contributed by atoms with Crippen LogP contribution in [0.25, 0.3) is 0 Å². The van der Waals surface area contributed by atoms with Crippen LogP contribution in [0.15, 0.2) is 108 Å². The highest BCUT2D eigenvalue weighted by Crippen LogP contribution is 2.27. The fraction of sp³-hybridized carbons (Fsp3) is 0.278. The second kappa shape index (κ2) is 16.9. The quantitative estimate of drug-likeness (QED) is 0.134. The third-order valence-electron chi connectivity index (χ3n) is 7.48. The molecule has 0 aliphatic carbocycles. The van der Waals surface area contributed by atoms with Crippen molar-refractivity contribution in [1.29, 1.82) is 0 Å². The number of carbonyl (C=O) groups is 2. The first-order valence-corrected chi connectivity index (χ1v) is 17.3. The molecule has 0 spiro atoms. The molecular formula is C36H39ClFN3O5S. The molecule has 0 radical (unpaired) electrons. The first-order chi connectivity index (χ1) is 22.6. The molecule has 11 heteroatoms. The van der Waals surface area contributed by atoms with E-state index in [0.29, 0.717) is 29.5 Å². The van der Waals surface area contributed by atoms with Gasteiger partial charge in [-0.15, -0.1) is 0 Å². The summed E-state index contributed by atoms with van der Waals surface area (Å²) in [6.45, 7) is 4.08. The van der Waals surface area contributed by atoms with Gasteiger partial charge in [0.1, 0.15) is 24.2 Å². The third kappa shape index (κ3) is 9.79. The summed E-state index contributed by atoms with van der Waals surface area (Å²) in [6, 6.07) is 26.0. The molecule has 0 aromatic heterocycles. The van der Waals surface area contributed by atoms with Crippen LogP contribution in [0, 0.1) is 5.82 Å². The molecule has 1 N–H and O–H groups in total. The fourth-order valence-electron chi connectivity index (χ4n) is 4.98. The van der Waals surface area contributed by atoms with E-state index < -0.39 is 34.3 Å². The minimum Gasteiger partial charge on any atom is -0.494 e. The summed E-state index contributed by atoms with van der Waals surface area (Å²) in [5.74, 6) is -1.03. The summed E-state index contributed by atoms with van der Waals surface area (Å²) in [6.07, 6.45) is 1.83. The summed E-state index contributed by atoms with van der Waals surface area (Å²) in [5, 5.41) is 3.47. The number of carbonyl (C=O) groups excluding carboxylic acids is 2. The maximum atomic E-state index is 14.5. The van der Waals surface area contributed by atoms with Crippen molar-refractivity contribution in [3.8, 4) is 5.75 Å². The molecular weight excluding hydrogens is 641 g/mol. The third-order valence-corrected chi connectivity index (χ3v) is 9.52. The van der Waals surface area contributed by atoms with Gasteiger partial charge in [0.25, 0.3) is 10.0 Å². The lowest BCUT2D eigenvalue weighted by molar-refractivity contribution is -0.140. The zero-order chi connectivity index (χ0) is 33.8. The molecule has 1 atom stereocenters. The van der Waals surface area contributed by atoms with Crippen LogP contribution in [0.4, 0.5) is 10.1 Å². The van der Waals surface area contributed by atoms with Crippen molar-refractivity contribution < 1.29 is 27.1 Å². The van der Waals surface area contributed by atoms with Gasteiger partial charge in [0.15, 0.2) is 0 Å². The molecule has 0 heterocycles. The molecule has 0 saturated carbocycles. The Bertz CT molecular complexity index is 1700. The Morgan fingerprint density at radius 2 is 1.53 bits per heavy atom. The second-order valence-electron chi connectivity index (χ2n) is 10.9. The Balaban J connectivity index is 1.78. The van der Waals surface area contributed by atoms with Gasteiger partial charge in [-0.25, -0.2) is 12.8 Å². The topological polar surface area (TPSA) is 96.0 Å². The van der Waals surface area contributed by atoms with Crippen LogP contribution in [0.5, 0.6) is 5.75 Å². The number of unbranched alkanes of at least 4 members (excludes halogenated alkanes) is 1. The van der Waals surface area contributed by atoms with Gasteiger partial charge >= 0.3 is 0 Å². The van der Waals surface area contributed by atoms with Crippen molar-refractivity contribution in [2.45, 2.75) is 50.6 Å². The number of hydrogen-bond donors (Lipinski definition) is 1. The summed E-state index contributed by atoms with van der Waals surface area (Å²) in [5.41, 5.74) is 1.74. The Labute approximate surface area is 281 Å². The van der Waals surface area contributed by atoms with E-state index >= 15 is 0 Å². The van der Waals surface area contributed by atoms with E-state index in [1.807, 2.05) is 44.2 Å². The molecule has 0 saturated heterocycles. The van der Waals surface area contributed by atoms with Gasteiger partial charge in [0, 0.05) is 24.5 Å². The second-order valence-corrected chi connectivity index (χ2v) is 13.2. The van der Waals surface area contributed by atoms with Gasteiger partial charge in [0.05, 0.1) is 17.2 Å². The molecule has 8 nitrogen and oxygen atoms in total. The standard InChI is InChI=1S/C36H39ClFN3O5S/c1-3-5-23-39-36(43)34(24-27-9-7-6-8-10-27)40(25-28-11-13-29(37)14-12-28)35(42)26-41(31-17-19-32(20-18-31)46-4-2)47(44,45)33-21-15-30(38)16-22-33/h6-22,34H,3-5,23-26H2,1-2H3,(H,39,43). The molecule has 1 unspecified atom stereocenters. The highest BCUT2D eigenvalue weighted by Gasteiger charge is 2.34. The van der Waals surface area contributed by atoms with E-state index in [-0.39, 0.29) is 29.5 Å². The Hall–Kier alpha value is -4.41. The van der Waals surface area contributed by atoms with Gasteiger partial charge in [-0.1, -0.05) is 67.4 Å². The van der Waals surface area contributed by atoms with Crippen molar-refractivity contribution in [1.82, 2.24) is 10.2 Å². The van der Waals surface area contributed by atoms with Crippen molar-refractivity contribution in [2.75, 3.05) is 24.0 Å². The van der Waals surface area contributed by atoms with Crippen LogP contribution < -0.4 is 14.4 Å². The maximum absolute atomic E-state index is 14.5. The van der Waals surface area contributed by atoms with Crippen LogP contribution in [0.2, 0.25) is 5.02 Å². The number of sulfonamides is 1. The molecule has 2 amide bonds. The highest BCUT2D eigenvalue weighted by atomic mass is 35.5. The first kappa shape index (κ1) is 35.4. The molecule has 4 aromatic rings. The lowest BCUT2D eigenvalue weighted by Crippen LogP contribution is -2.53. The number of benzene rings is 4. The normalized spacial score (nSPS) is 11.8. The van der Waals surface area contributed by atoms with Crippen LogP contribution >= 0.6 is 11.6 Å². The number of anilines is 1. The molecule has 4 aromatic carbocycles. The Morgan fingerprint density at radius 1 is 0.872 bits per heavy atom. The van der Waals surface area contributed by atoms with Crippen molar-refractivity contribution in [3.63, 3.8) is 0 Å². The highest BCUT2D eigenvalue weighted by molar-refractivity contribution is 7.92. The van der Waals surface area contributed by atoms with Crippen molar-refractivity contribution in [2.24, 2.45) is 0 Å². The van der Waals surface area contributed by atoms with Crippen LogP contribution in [-0.2, 0) is 32.6 Å². The lowest BCUT2D eigenvalue weighted by Gasteiger charge is -2.34. The van der Waals surface area contributed by atoms with Crippen LogP contribution in [0.3, 0.4) is 0 Å². The maximum Gasteiger partial charge on any atom is 0.264 e. The fourth-order valence-corrected chi connectivity index (χ4v) is 6.52. The number of ether oxygens (including phenoxy) is 1. The van der Waals surface area contributed by atoms with E-state index in [9.17, 15) is 22.4 Å². The number of amides is 2. The summed E-state index contributed by atoms with van der Waals surface area (Å²) < 4.78 is 48.5. The van der Waals surface area contributed by atoms with E-state index in [0.717, 1.165) is 47.0 Å². The molecule has 4 rings (SSSR count). The first-order valence-electron chi connectivity index (χ1n) is 15.5. The van der Waals surface area contributed by atoms with Crippen molar-refractivity contribution >= 4 is 39.1 Å². The number of nitrogens with zero attached hydrogens (tertiary/aromatic N) is 2. The minimum absolute atomic E-state index is 0.0163. The molecule has 0 bridgehead atoms. The molecule has 0 aliphatic heterocycles. The van der Waals surface area contributed by atoms with Gasteiger partial charge in [-0.05, 0) is 85.1 Å². The number of nitrogens with one attached hydrogen (secondary N) is 1. The monoisotopic (exact) mass is 679 g/mol. The zero-order valence-electron chi connectivity index (χ0n) is 26.4. The Morgan fingerprint density at radius 3 is 2.15 bits per heavy atom. The minimum atomic E-state index is -4.37. The lowest BCUT2D eigenvalue weighted by atomic mass is 10.0. The van der Waals surface area contributed by atoms with Gasteiger partial charge in [0.2, 0.25) is 11.8 Å². The van der Waals surface area contributed by atoms with Crippen LogP contribution in [-0.4, -0.2) is 50.9 Å². The van der Waals surface area contributed by atoms with Gasteiger partial charge in [-0.2, -0.15) is 0 Å². The van der Waals surface area contributed by atoms with E-state index in [4.69, 9.17) is 16.3 Å². The predicted molar refractivity (Wildman–Crippen MR) is 182 cm³/mol. The largest absolute Gasteiger partial charge is 0.494 e. The average Bonchev–Trinajstić information content (AvgIpc) is 3.07. The molecule has 0 fully saturated rings. The number of hydrogen-bond acceptors (Lipinski definition) is 5. The smallest absolute Gasteiger partial charge is 0.264 e. The van der Waals surface area contributed by atoms with E-state index in [1.54, 1.807) is 48.5 Å². The van der Waals surface area contributed by atoms with E-state index in [2.05, 4.69) is 5.32 Å². The Kier molecular flexibility index (Phi) is 12.8. The number of halogens is 2. The summed E-state index contributed by atoms with van der Waals surface area (Å²) in [4.78, 5) is 29.5. The zero-order valence-corrected chi connectivity index (χ0v) is 28.0. The summed E-state index contributed by atoms with van der Waals surface area (Å²) >= 11 is 6.14. The SMILES string of the molecule is CCCCNC(=O)C(Cc1ccccc1)N(Cc1ccc(Cl)cc1)C(=O)CN(c1ccc(OCC)cc1)S(=O)(=O)c1ccc(F)cc1. The van der Waals surface area contributed by atoms with Crippen molar-refractivity contribution in [3.05, 3.63) is 125 Å². The number of rotatable bonds is 16. The van der Waals surface area contributed by atoms with Gasteiger partial charge in [-0.3, -0.25) is 13.9 Å². The summed E-state index contributed by atoms with van der Waals surface area (Å²) in [7, 11) is -4.37. The molecule has 47 heavy (non-hydrogen) atoms. The average molecular weight is 680 g/mol. The molecule has 248 valence electrons. The van der Waals surface area contributed by atoms with E-state index in [1.165, 1.54) is 4.90 Å². The van der Waals surface area contributed by atoms with Crippen LogP contribution in [0.1, 0.15) is 37.8 Å². The predicted octanol–water partition coefficient (Wildman–Crippen LogP) is 6.63. The van der Waals surface area contributed by atoms with Gasteiger partial charge < -0.3 is 15.0 Å².